The Bertz CT molecular complexity index is 581. The molecular weight excluding hydrogens is 368 g/mol. The molecule has 0 bridgehead atoms. The van der Waals surface area contributed by atoms with Crippen molar-refractivity contribution in [1.29, 1.82) is 0 Å². The molecule has 6 nitrogen and oxygen atoms in total. The highest BCUT2D eigenvalue weighted by Gasteiger charge is 2.27. The van der Waals surface area contributed by atoms with E-state index < -0.39 is 16.1 Å². The van der Waals surface area contributed by atoms with E-state index in [0.29, 0.717) is 26.3 Å². The van der Waals surface area contributed by atoms with Gasteiger partial charge in [0, 0.05) is 13.1 Å². The number of hydrogen-bond donors (Lipinski definition) is 1. The summed E-state index contributed by atoms with van der Waals surface area (Å²) in [5.74, 6) is -0.229. The molecule has 1 saturated heterocycles. The summed E-state index contributed by atoms with van der Waals surface area (Å²) in [6.07, 6.45) is 0. The number of carbonyl (C=O) groups is 1. The molecule has 1 aromatic heterocycles. The lowest BCUT2D eigenvalue weighted by molar-refractivity contribution is -0.136. The first-order valence-corrected chi connectivity index (χ1v) is 9.13. The largest absolute Gasteiger partial charge is 0.378 e. The van der Waals surface area contributed by atoms with E-state index in [0.717, 1.165) is 15.1 Å². The van der Waals surface area contributed by atoms with Gasteiger partial charge in [-0.3, -0.25) is 4.79 Å². The number of halogens is 1. The molecule has 0 aromatic carbocycles. The molecule has 2 rings (SSSR count). The molecule has 112 valence electrons. The molecule has 20 heavy (non-hydrogen) atoms. The van der Waals surface area contributed by atoms with Crippen LogP contribution in [-0.2, 0) is 19.6 Å². The van der Waals surface area contributed by atoms with E-state index in [2.05, 4.69) is 20.7 Å². The van der Waals surface area contributed by atoms with Gasteiger partial charge in [-0.1, -0.05) is 0 Å². The van der Waals surface area contributed by atoms with Crippen LogP contribution in [0, 0.1) is 0 Å². The van der Waals surface area contributed by atoms with Gasteiger partial charge in [-0.25, -0.2) is 8.42 Å². The summed E-state index contributed by atoms with van der Waals surface area (Å²) in [5.41, 5.74) is 0. The minimum atomic E-state index is -3.66. The zero-order valence-corrected chi connectivity index (χ0v) is 14.1. The molecule has 1 fully saturated rings. The topological polar surface area (TPSA) is 75.7 Å². The Morgan fingerprint density at radius 1 is 1.45 bits per heavy atom. The third kappa shape index (κ3) is 3.79. The van der Waals surface area contributed by atoms with Gasteiger partial charge in [-0.15, -0.1) is 11.3 Å². The summed E-state index contributed by atoms with van der Waals surface area (Å²) in [5, 5.41) is 0. The van der Waals surface area contributed by atoms with Crippen molar-refractivity contribution in [2.45, 2.75) is 17.2 Å². The fourth-order valence-electron chi connectivity index (χ4n) is 1.84. The number of nitrogens with zero attached hydrogens (tertiary/aromatic N) is 1. The van der Waals surface area contributed by atoms with Crippen molar-refractivity contribution in [1.82, 2.24) is 9.62 Å². The van der Waals surface area contributed by atoms with Crippen molar-refractivity contribution in [3.8, 4) is 0 Å². The Balaban J connectivity index is 2.03. The van der Waals surface area contributed by atoms with Gasteiger partial charge in [0.1, 0.15) is 4.21 Å². The summed E-state index contributed by atoms with van der Waals surface area (Å²) in [6.45, 7) is 3.52. The summed E-state index contributed by atoms with van der Waals surface area (Å²) in [7, 11) is -3.66. The van der Waals surface area contributed by atoms with E-state index >= 15 is 0 Å². The molecule has 0 spiro atoms. The number of thiophene rings is 1. The van der Waals surface area contributed by atoms with E-state index in [4.69, 9.17) is 4.74 Å². The molecule has 1 atom stereocenters. The zero-order valence-electron chi connectivity index (χ0n) is 10.8. The fourth-order valence-corrected chi connectivity index (χ4v) is 5.06. The Labute approximate surface area is 130 Å². The lowest BCUT2D eigenvalue weighted by atomic mass is 10.3. The average molecular weight is 383 g/mol. The van der Waals surface area contributed by atoms with Crippen molar-refractivity contribution < 1.29 is 17.9 Å². The average Bonchev–Trinajstić information content (AvgIpc) is 2.86. The lowest BCUT2D eigenvalue weighted by Gasteiger charge is -2.29. The Morgan fingerprint density at radius 2 is 2.10 bits per heavy atom. The molecule has 9 heteroatoms. The van der Waals surface area contributed by atoms with E-state index in [9.17, 15) is 13.2 Å². The zero-order chi connectivity index (χ0) is 14.8. The molecule has 1 amide bonds. The second-order valence-corrected chi connectivity index (χ2v) is 8.74. The number of sulfonamides is 1. The van der Waals surface area contributed by atoms with Crippen LogP contribution in [0.15, 0.2) is 20.1 Å². The normalized spacial score (nSPS) is 18.0. The number of carbonyl (C=O) groups excluding carboxylic acids is 1. The molecule has 2 heterocycles. The predicted octanol–water partition coefficient (Wildman–Crippen LogP) is 1.04. The molecular formula is C11H15BrN2O4S2. The second-order valence-electron chi connectivity index (χ2n) is 4.34. The minimum absolute atomic E-state index is 0.186. The molecule has 0 unspecified atom stereocenters. The highest BCUT2D eigenvalue weighted by molar-refractivity contribution is 9.11. The molecule has 1 aliphatic heterocycles. The summed E-state index contributed by atoms with van der Waals surface area (Å²) >= 11 is 4.32. The summed E-state index contributed by atoms with van der Waals surface area (Å²) in [6, 6.07) is 2.37. The molecule has 0 radical (unpaired) electrons. The van der Waals surface area contributed by atoms with Crippen LogP contribution in [-0.4, -0.2) is 51.6 Å². The Hall–Kier alpha value is -0.480. The van der Waals surface area contributed by atoms with Crippen molar-refractivity contribution >= 4 is 43.2 Å². The van der Waals surface area contributed by atoms with Gasteiger partial charge >= 0.3 is 0 Å². The van der Waals surface area contributed by atoms with Crippen molar-refractivity contribution in [3.05, 3.63) is 15.9 Å². The molecule has 0 saturated carbocycles. The maximum absolute atomic E-state index is 12.1. The van der Waals surface area contributed by atoms with Crippen LogP contribution < -0.4 is 4.72 Å². The van der Waals surface area contributed by atoms with Crippen LogP contribution in [0.2, 0.25) is 0 Å². The minimum Gasteiger partial charge on any atom is -0.378 e. The third-order valence-corrected chi connectivity index (χ3v) is 6.49. The van der Waals surface area contributed by atoms with Crippen LogP contribution in [0.1, 0.15) is 6.92 Å². The smallest absolute Gasteiger partial charge is 0.250 e. The van der Waals surface area contributed by atoms with Crippen molar-refractivity contribution in [2.24, 2.45) is 0 Å². The number of ether oxygens (including phenoxy) is 1. The van der Waals surface area contributed by atoms with Crippen LogP contribution in [0.4, 0.5) is 0 Å². The van der Waals surface area contributed by atoms with Gasteiger partial charge in [0.2, 0.25) is 5.91 Å². The molecule has 1 aromatic rings. The first kappa shape index (κ1) is 15.9. The first-order valence-electron chi connectivity index (χ1n) is 6.04. The number of rotatable bonds is 4. The predicted molar refractivity (Wildman–Crippen MR) is 79.2 cm³/mol. The van der Waals surface area contributed by atoms with E-state index in [1.807, 2.05) is 0 Å². The van der Waals surface area contributed by atoms with Gasteiger partial charge in [-0.05, 0) is 35.0 Å². The highest BCUT2D eigenvalue weighted by Crippen LogP contribution is 2.26. The number of nitrogens with one attached hydrogen (secondary N) is 1. The van der Waals surface area contributed by atoms with Gasteiger partial charge in [0.15, 0.2) is 0 Å². The van der Waals surface area contributed by atoms with Crippen LogP contribution in [0.5, 0.6) is 0 Å². The number of morpholine rings is 1. The highest BCUT2D eigenvalue weighted by atomic mass is 79.9. The number of amides is 1. The first-order chi connectivity index (χ1) is 9.40. The van der Waals surface area contributed by atoms with Crippen LogP contribution in [0.25, 0.3) is 0 Å². The summed E-state index contributed by atoms with van der Waals surface area (Å²) in [4.78, 5) is 13.8. The van der Waals surface area contributed by atoms with Crippen molar-refractivity contribution in [3.63, 3.8) is 0 Å². The Kier molecular flexibility index (Phi) is 5.19. The van der Waals surface area contributed by atoms with E-state index in [1.165, 1.54) is 6.07 Å². The molecule has 1 N–H and O–H groups in total. The van der Waals surface area contributed by atoms with E-state index in [1.54, 1.807) is 17.9 Å². The van der Waals surface area contributed by atoms with Crippen LogP contribution in [0.3, 0.4) is 0 Å². The van der Waals surface area contributed by atoms with Gasteiger partial charge in [0.25, 0.3) is 10.0 Å². The maximum atomic E-state index is 12.1. The molecule has 0 aliphatic carbocycles. The lowest BCUT2D eigenvalue weighted by Crippen LogP contribution is -2.50. The molecule has 1 aliphatic rings. The van der Waals surface area contributed by atoms with Crippen molar-refractivity contribution in [2.75, 3.05) is 26.3 Å². The van der Waals surface area contributed by atoms with Gasteiger partial charge in [-0.2, -0.15) is 4.72 Å². The monoisotopic (exact) mass is 382 g/mol. The second kappa shape index (κ2) is 6.52. The maximum Gasteiger partial charge on any atom is 0.250 e. The van der Waals surface area contributed by atoms with E-state index in [-0.39, 0.29) is 10.1 Å². The van der Waals surface area contributed by atoms with Gasteiger partial charge in [0.05, 0.1) is 23.0 Å². The fraction of sp³-hybridized carbons (Fsp3) is 0.545. The SMILES string of the molecule is C[C@H](NS(=O)(=O)c1ccc(Br)s1)C(=O)N1CCOCC1. The van der Waals surface area contributed by atoms with Gasteiger partial charge < -0.3 is 9.64 Å². The standard InChI is InChI=1S/C11H15BrN2O4S2/c1-8(11(15)14-4-6-18-7-5-14)13-20(16,17)10-3-2-9(12)19-10/h2-3,8,13H,4-7H2,1H3/t8-/m0/s1. The summed E-state index contributed by atoms with van der Waals surface area (Å²) < 4.78 is 32.7. The third-order valence-electron chi connectivity index (χ3n) is 2.84. The quantitative estimate of drug-likeness (QED) is 0.843. The number of hydrogen-bond acceptors (Lipinski definition) is 5. The van der Waals surface area contributed by atoms with Crippen LogP contribution >= 0.6 is 27.3 Å². The Morgan fingerprint density at radius 3 is 2.65 bits per heavy atom.